The Morgan fingerprint density at radius 3 is 2.71 bits per heavy atom. The first-order chi connectivity index (χ1) is 8.24. The second kappa shape index (κ2) is 5.80. The van der Waals surface area contributed by atoms with E-state index in [0.29, 0.717) is 5.75 Å². The average Bonchev–Trinajstić information content (AvgIpc) is 2.73. The number of aromatic nitrogens is 1. The fourth-order valence-electron chi connectivity index (χ4n) is 1.57. The summed E-state index contributed by atoms with van der Waals surface area (Å²) in [7, 11) is 0. The standard InChI is InChI=1S/C13H16N2OS/c1-10-9-17-13(15-10)8-14-7-6-11-2-4-12(16)5-3-11/h2-5,9,14,16H,6-8H2,1H3. The molecule has 1 heterocycles. The molecule has 0 fully saturated rings. The maximum absolute atomic E-state index is 9.16. The van der Waals surface area contributed by atoms with E-state index in [0.717, 1.165) is 30.2 Å². The molecule has 0 aliphatic carbocycles. The highest BCUT2D eigenvalue weighted by Crippen LogP contribution is 2.10. The Morgan fingerprint density at radius 1 is 1.29 bits per heavy atom. The van der Waals surface area contributed by atoms with E-state index in [-0.39, 0.29) is 0 Å². The summed E-state index contributed by atoms with van der Waals surface area (Å²) in [6, 6.07) is 7.34. The van der Waals surface area contributed by atoms with E-state index in [1.54, 1.807) is 23.5 Å². The van der Waals surface area contributed by atoms with Crippen molar-refractivity contribution >= 4 is 11.3 Å². The van der Waals surface area contributed by atoms with Gasteiger partial charge in [0.05, 0.1) is 0 Å². The van der Waals surface area contributed by atoms with Crippen LogP contribution in [0.15, 0.2) is 29.6 Å². The van der Waals surface area contributed by atoms with Crippen LogP contribution < -0.4 is 5.32 Å². The number of nitrogens with zero attached hydrogens (tertiary/aromatic N) is 1. The van der Waals surface area contributed by atoms with Crippen molar-refractivity contribution in [1.82, 2.24) is 10.3 Å². The van der Waals surface area contributed by atoms with Crippen molar-refractivity contribution in [2.75, 3.05) is 6.54 Å². The molecule has 0 saturated heterocycles. The van der Waals surface area contributed by atoms with Crippen molar-refractivity contribution < 1.29 is 5.11 Å². The number of aryl methyl sites for hydroxylation is 1. The number of nitrogens with one attached hydrogen (secondary N) is 1. The maximum Gasteiger partial charge on any atom is 0.115 e. The highest BCUT2D eigenvalue weighted by molar-refractivity contribution is 7.09. The van der Waals surface area contributed by atoms with Gasteiger partial charge in [0.15, 0.2) is 0 Å². The van der Waals surface area contributed by atoms with Gasteiger partial charge in [0, 0.05) is 17.6 Å². The molecule has 2 rings (SSSR count). The smallest absolute Gasteiger partial charge is 0.115 e. The third-order valence-corrected chi connectivity index (χ3v) is 3.44. The second-order valence-corrected chi connectivity index (χ2v) is 4.92. The number of phenolic OH excluding ortho intramolecular Hbond substituents is 1. The van der Waals surface area contributed by atoms with Gasteiger partial charge in [0.2, 0.25) is 0 Å². The molecular weight excluding hydrogens is 232 g/mol. The molecule has 0 saturated carbocycles. The van der Waals surface area contributed by atoms with Crippen LogP contribution >= 0.6 is 11.3 Å². The zero-order valence-electron chi connectivity index (χ0n) is 9.81. The number of phenols is 1. The third-order valence-electron chi connectivity index (χ3n) is 2.47. The number of hydrogen-bond acceptors (Lipinski definition) is 4. The second-order valence-electron chi connectivity index (χ2n) is 3.98. The molecule has 0 aliphatic heterocycles. The lowest BCUT2D eigenvalue weighted by molar-refractivity contribution is 0.475. The topological polar surface area (TPSA) is 45.1 Å². The zero-order valence-corrected chi connectivity index (χ0v) is 10.6. The minimum Gasteiger partial charge on any atom is -0.508 e. The van der Waals surface area contributed by atoms with E-state index < -0.39 is 0 Å². The summed E-state index contributed by atoms with van der Waals surface area (Å²) in [5.74, 6) is 0.319. The minimum atomic E-state index is 0.319. The van der Waals surface area contributed by atoms with Crippen LogP contribution in [0.3, 0.4) is 0 Å². The lowest BCUT2D eigenvalue weighted by Gasteiger charge is -2.03. The van der Waals surface area contributed by atoms with Crippen molar-refractivity contribution in [1.29, 1.82) is 0 Å². The van der Waals surface area contributed by atoms with E-state index in [1.165, 1.54) is 5.56 Å². The number of hydrogen-bond donors (Lipinski definition) is 2. The lowest BCUT2D eigenvalue weighted by Crippen LogP contribution is -2.16. The van der Waals surface area contributed by atoms with Gasteiger partial charge in [-0.3, -0.25) is 0 Å². The van der Waals surface area contributed by atoms with Crippen molar-refractivity contribution in [2.45, 2.75) is 19.9 Å². The van der Waals surface area contributed by atoms with E-state index in [4.69, 9.17) is 5.11 Å². The summed E-state index contributed by atoms with van der Waals surface area (Å²) < 4.78 is 0. The van der Waals surface area contributed by atoms with Crippen molar-refractivity contribution in [3.63, 3.8) is 0 Å². The fraction of sp³-hybridized carbons (Fsp3) is 0.308. The summed E-state index contributed by atoms with van der Waals surface area (Å²) >= 11 is 1.69. The van der Waals surface area contributed by atoms with Gasteiger partial charge in [-0.1, -0.05) is 12.1 Å². The summed E-state index contributed by atoms with van der Waals surface area (Å²) in [6.45, 7) is 3.76. The summed E-state index contributed by atoms with van der Waals surface area (Å²) in [5, 5.41) is 15.7. The zero-order chi connectivity index (χ0) is 12.1. The molecule has 0 spiro atoms. The van der Waals surface area contributed by atoms with Gasteiger partial charge in [-0.15, -0.1) is 11.3 Å². The van der Waals surface area contributed by atoms with Gasteiger partial charge in [-0.25, -0.2) is 4.98 Å². The molecule has 1 aromatic carbocycles. The molecule has 90 valence electrons. The average molecular weight is 248 g/mol. The van der Waals surface area contributed by atoms with Crippen LogP contribution in [0.1, 0.15) is 16.3 Å². The lowest BCUT2D eigenvalue weighted by atomic mass is 10.1. The quantitative estimate of drug-likeness (QED) is 0.799. The Bertz CT molecular complexity index is 465. The van der Waals surface area contributed by atoms with Crippen molar-refractivity contribution in [2.24, 2.45) is 0 Å². The number of benzene rings is 1. The molecule has 0 unspecified atom stereocenters. The van der Waals surface area contributed by atoms with Crippen LogP contribution in [-0.4, -0.2) is 16.6 Å². The highest BCUT2D eigenvalue weighted by Gasteiger charge is 1.98. The van der Waals surface area contributed by atoms with Crippen molar-refractivity contribution in [3.05, 3.63) is 45.9 Å². The molecule has 3 nitrogen and oxygen atoms in total. The molecule has 2 aromatic rings. The van der Waals surface area contributed by atoms with Crippen LogP contribution in [0.5, 0.6) is 5.75 Å². The van der Waals surface area contributed by atoms with E-state index in [1.807, 2.05) is 19.1 Å². The Kier molecular flexibility index (Phi) is 4.12. The SMILES string of the molecule is Cc1csc(CNCCc2ccc(O)cc2)n1. The summed E-state index contributed by atoms with van der Waals surface area (Å²) in [4.78, 5) is 4.39. The number of rotatable bonds is 5. The van der Waals surface area contributed by atoms with Gasteiger partial charge in [-0.05, 0) is 37.6 Å². The Hall–Kier alpha value is -1.39. The van der Waals surface area contributed by atoms with E-state index >= 15 is 0 Å². The Balaban J connectivity index is 1.71. The van der Waals surface area contributed by atoms with Gasteiger partial charge < -0.3 is 10.4 Å². The highest BCUT2D eigenvalue weighted by atomic mass is 32.1. The molecule has 0 amide bonds. The molecule has 17 heavy (non-hydrogen) atoms. The predicted octanol–water partition coefficient (Wildman–Crippen LogP) is 2.49. The summed E-state index contributed by atoms with van der Waals surface area (Å²) in [5.41, 5.74) is 2.32. The van der Waals surface area contributed by atoms with E-state index in [2.05, 4.69) is 15.7 Å². The molecule has 0 aliphatic rings. The molecule has 1 aromatic heterocycles. The van der Waals surface area contributed by atoms with Crippen LogP contribution in [0.25, 0.3) is 0 Å². The maximum atomic E-state index is 9.16. The first-order valence-corrected chi connectivity index (χ1v) is 6.51. The Labute approximate surface area is 105 Å². The monoisotopic (exact) mass is 248 g/mol. The minimum absolute atomic E-state index is 0.319. The predicted molar refractivity (Wildman–Crippen MR) is 70.4 cm³/mol. The molecule has 4 heteroatoms. The number of thiazole rings is 1. The van der Waals surface area contributed by atoms with Gasteiger partial charge in [-0.2, -0.15) is 0 Å². The van der Waals surface area contributed by atoms with Crippen LogP contribution in [0.2, 0.25) is 0 Å². The van der Waals surface area contributed by atoms with Crippen LogP contribution in [0, 0.1) is 6.92 Å². The van der Waals surface area contributed by atoms with E-state index in [9.17, 15) is 0 Å². The van der Waals surface area contributed by atoms with Crippen LogP contribution in [-0.2, 0) is 13.0 Å². The first-order valence-electron chi connectivity index (χ1n) is 5.63. The number of aromatic hydroxyl groups is 1. The molecule has 0 atom stereocenters. The first kappa shape index (κ1) is 12.1. The molecule has 0 bridgehead atoms. The van der Waals surface area contributed by atoms with Crippen LogP contribution in [0.4, 0.5) is 0 Å². The Morgan fingerprint density at radius 2 is 2.06 bits per heavy atom. The molecular formula is C13H16N2OS. The van der Waals surface area contributed by atoms with Gasteiger partial charge in [0.1, 0.15) is 10.8 Å². The molecule has 0 radical (unpaired) electrons. The van der Waals surface area contributed by atoms with Gasteiger partial charge >= 0.3 is 0 Å². The third kappa shape index (κ3) is 3.84. The molecule has 2 N–H and O–H groups in total. The normalized spacial score (nSPS) is 10.6. The van der Waals surface area contributed by atoms with Gasteiger partial charge in [0.25, 0.3) is 0 Å². The largest absolute Gasteiger partial charge is 0.508 e. The summed E-state index contributed by atoms with van der Waals surface area (Å²) in [6.07, 6.45) is 0.963. The fourth-order valence-corrected chi connectivity index (χ4v) is 2.32. The van der Waals surface area contributed by atoms with Crippen molar-refractivity contribution in [3.8, 4) is 5.75 Å².